The summed E-state index contributed by atoms with van der Waals surface area (Å²) in [5.41, 5.74) is 3.39. The fraction of sp³-hybridized carbons (Fsp3) is 0.727. The molecule has 0 spiro atoms. The molecule has 1 heterocycles. The van der Waals surface area contributed by atoms with Gasteiger partial charge >= 0.3 is 0 Å². The van der Waals surface area contributed by atoms with Gasteiger partial charge in [0.25, 0.3) is 0 Å². The number of aliphatic imine (C=N–C) groups is 1. The third kappa shape index (κ3) is 1.12. The van der Waals surface area contributed by atoms with Gasteiger partial charge in [-0.15, -0.1) is 0 Å². The summed E-state index contributed by atoms with van der Waals surface area (Å²) in [7, 11) is 0. The molecule has 0 aromatic rings. The summed E-state index contributed by atoms with van der Waals surface area (Å²) in [4.78, 5) is 4.60. The molecular formula is C11H17N. The van der Waals surface area contributed by atoms with Crippen molar-refractivity contribution in [1.29, 1.82) is 0 Å². The second-order valence-electron chi connectivity index (χ2n) is 4.56. The van der Waals surface area contributed by atoms with Crippen LogP contribution in [-0.4, -0.2) is 12.3 Å². The monoisotopic (exact) mass is 163 g/mol. The lowest BCUT2D eigenvalue weighted by Crippen LogP contribution is -2.15. The van der Waals surface area contributed by atoms with Crippen LogP contribution in [0, 0.1) is 11.3 Å². The van der Waals surface area contributed by atoms with Crippen LogP contribution in [0.15, 0.2) is 16.6 Å². The van der Waals surface area contributed by atoms with Crippen LogP contribution in [-0.2, 0) is 0 Å². The highest BCUT2D eigenvalue weighted by Gasteiger charge is 2.44. The molecule has 2 rings (SSSR count). The average Bonchev–Trinajstić information content (AvgIpc) is 2.61. The fourth-order valence-corrected chi connectivity index (χ4v) is 1.90. The van der Waals surface area contributed by atoms with Crippen molar-refractivity contribution >= 4 is 5.71 Å². The van der Waals surface area contributed by atoms with Gasteiger partial charge in [-0.3, -0.25) is 4.99 Å². The van der Waals surface area contributed by atoms with Gasteiger partial charge in [-0.1, -0.05) is 26.8 Å². The van der Waals surface area contributed by atoms with Crippen LogP contribution in [0.4, 0.5) is 0 Å². The molecule has 2 aliphatic rings. The number of nitrogens with zero attached hydrogens (tertiary/aromatic N) is 1. The maximum atomic E-state index is 4.60. The predicted octanol–water partition coefficient (Wildman–Crippen LogP) is 2.82. The van der Waals surface area contributed by atoms with Crippen LogP contribution in [0.2, 0.25) is 0 Å². The SMILES string of the molecule is CC(C)C1=CCN=C1C1(C)CC1. The molecule has 0 bridgehead atoms. The maximum absolute atomic E-state index is 4.60. The van der Waals surface area contributed by atoms with Crippen LogP contribution >= 0.6 is 0 Å². The van der Waals surface area contributed by atoms with E-state index in [4.69, 9.17) is 0 Å². The van der Waals surface area contributed by atoms with Gasteiger partial charge in [-0.2, -0.15) is 0 Å². The molecule has 1 heteroatoms. The Morgan fingerprint density at radius 2 is 2.08 bits per heavy atom. The highest BCUT2D eigenvalue weighted by molar-refractivity contribution is 6.07. The minimum absolute atomic E-state index is 0.465. The van der Waals surface area contributed by atoms with E-state index < -0.39 is 0 Å². The first-order chi connectivity index (χ1) is 5.63. The lowest BCUT2D eigenvalue weighted by molar-refractivity contribution is 0.751. The molecule has 0 N–H and O–H groups in total. The maximum Gasteiger partial charge on any atom is 0.0580 e. The van der Waals surface area contributed by atoms with Gasteiger partial charge in [0.05, 0.1) is 6.54 Å². The van der Waals surface area contributed by atoms with Crippen molar-refractivity contribution in [2.75, 3.05) is 6.54 Å². The first kappa shape index (κ1) is 8.03. The summed E-state index contributed by atoms with van der Waals surface area (Å²) in [5, 5.41) is 0. The van der Waals surface area contributed by atoms with Crippen molar-refractivity contribution in [1.82, 2.24) is 0 Å². The lowest BCUT2D eigenvalue weighted by atomic mass is 9.90. The molecule has 0 unspecified atom stereocenters. The first-order valence-electron chi connectivity index (χ1n) is 4.89. The van der Waals surface area contributed by atoms with E-state index in [1.54, 1.807) is 0 Å². The molecule has 1 aliphatic heterocycles. The van der Waals surface area contributed by atoms with Crippen molar-refractivity contribution in [2.24, 2.45) is 16.3 Å². The largest absolute Gasteiger partial charge is 0.285 e. The van der Waals surface area contributed by atoms with E-state index in [-0.39, 0.29) is 0 Å². The number of hydrogen-bond donors (Lipinski definition) is 0. The van der Waals surface area contributed by atoms with E-state index >= 15 is 0 Å². The molecule has 0 radical (unpaired) electrons. The predicted molar refractivity (Wildman–Crippen MR) is 52.6 cm³/mol. The normalized spacial score (nSPS) is 25.7. The Bertz CT molecular complexity index is 254. The van der Waals surface area contributed by atoms with Crippen molar-refractivity contribution in [3.05, 3.63) is 11.6 Å². The van der Waals surface area contributed by atoms with Crippen LogP contribution in [0.25, 0.3) is 0 Å². The highest BCUT2D eigenvalue weighted by atomic mass is 14.8. The van der Waals surface area contributed by atoms with Crippen LogP contribution in [0.3, 0.4) is 0 Å². The van der Waals surface area contributed by atoms with Gasteiger partial charge in [0.15, 0.2) is 0 Å². The van der Waals surface area contributed by atoms with Crippen molar-refractivity contribution in [3.63, 3.8) is 0 Å². The Morgan fingerprint density at radius 3 is 2.58 bits per heavy atom. The minimum atomic E-state index is 0.465. The minimum Gasteiger partial charge on any atom is -0.285 e. The molecule has 1 nitrogen and oxygen atoms in total. The number of rotatable bonds is 2. The zero-order chi connectivity index (χ0) is 8.77. The van der Waals surface area contributed by atoms with E-state index in [1.807, 2.05) is 0 Å². The van der Waals surface area contributed by atoms with E-state index in [0.29, 0.717) is 11.3 Å². The van der Waals surface area contributed by atoms with Gasteiger partial charge in [-0.05, 0) is 24.3 Å². The number of hydrogen-bond acceptors (Lipinski definition) is 1. The summed E-state index contributed by atoms with van der Waals surface area (Å²) < 4.78 is 0. The second kappa shape index (κ2) is 2.45. The van der Waals surface area contributed by atoms with Gasteiger partial charge < -0.3 is 0 Å². The van der Waals surface area contributed by atoms with Crippen molar-refractivity contribution in [2.45, 2.75) is 33.6 Å². The Hall–Kier alpha value is -0.590. The highest BCUT2D eigenvalue weighted by Crippen LogP contribution is 2.49. The molecule has 0 aromatic carbocycles. The van der Waals surface area contributed by atoms with Gasteiger partial charge in [0.2, 0.25) is 0 Å². The third-order valence-corrected chi connectivity index (χ3v) is 3.03. The van der Waals surface area contributed by atoms with Crippen LogP contribution in [0.5, 0.6) is 0 Å². The molecule has 1 fully saturated rings. The smallest absolute Gasteiger partial charge is 0.0580 e. The third-order valence-electron chi connectivity index (χ3n) is 3.03. The van der Waals surface area contributed by atoms with Gasteiger partial charge in [-0.25, -0.2) is 0 Å². The van der Waals surface area contributed by atoms with Crippen molar-refractivity contribution < 1.29 is 0 Å². The molecule has 1 saturated carbocycles. The number of allylic oxidation sites excluding steroid dienone is 1. The molecule has 0 aromatic heterocycles. The summed E-state index contributed by atoms with van der Waals surface area (Å²) in [6.45, 7) is 7.79. The lowest BCUT2D eigenvalue weighted by Gasteiger charge is -2.15. The van der Waals surface area contributed by atoms with E-state index in [2.05, 4.69) is 31.8 Å². The standard InChI is InChI=1S/C11H17N/c1-8(2)9-4-7-12-10(9)11(3)5-6-11/h4,8H,5-7H2,1-3H3. The summed E-state index contributed by atoms with van der Waals surface area (Å²) in [5.74, 6) is 0.656. The Balaban J connectivity index is 2.22. The first-order valence-corrected chi connectivity index (χ1v) is 4.89. The molecule has 66 valence electrons. The molecule has 0 amide bonds. The Labute approximate surface area is 74.6 Å². The summed E-state index contributed by atoms with van der Waals surface area (Å²) in [6.07, 6.45) is 4.98. The van der Waals surface area contributed by atoms with Gasteiger partial charge in [0.1, 0.15) is 0 Å². The zero-order valence-corrected chi connectivity index (χ0v) is 8.22. The van der Waals surface area contributed by atoms with Gasteiger partial charge in [0, 0.05) is 11.1 Å². The topological polar surface area (TPSA) is 12.4 Å². The molecule has 12 heavy (non-hydrogen) atoms. The Kier molecular flexibility index (Phi) is 1.64. The molecule has 1 aliphatic carbocycles. The summed E-state index contributed by atoms with van der Waals surface area (Å²) in [6, 6.07) is 0. The van der Waals surface area contributed by atoms with E-state index in [0.717, 1.165) is 6.54 Å². The fourth-order valence-electron chi connectivity index (χ4n) is 1.90. The quantitative estimate of drug-likeness (QED) is 0.593. The zero-order valence-electron chi connectivity index (χ0n) is 8.22. The molecular weight excluding hydrogens is 146 g/mol. The molecule has 0 saturated heterocycles. The molecule has 0 atom stereocenters. The summed E-state index contributed by atoms with van der Waals surface area (Å²) >= 11 is 0. The van der Waals surface area contributed by atoms with Crippen LogP contribution < -0.4 is 0 Å². The van der Waals surface area contributed by atoms with Crippen LogP contribution in [0.1, 0.15) is 33.6 Å². The Morgan fingerprint density at radius 1 is 1.42 bits per heavy atom. The van der Waals surface area contributed by atoms with E-state index in [9.17, 15) is 0 Å². The van der Waals surface area contributed by atoms with E-state index in [1.165, 1.54) is 24.1 Å². The average molecular weight is 163 g/mol. The van der Waals surface area contributed by atoms with Crippen molar-refractivity contribution in [3.8, 4) is 0 Å². The second-order valence-corrected chi connectivity index (χ2v) is 4.56.